The smallest absolute Gasteiger partial charge is 0.253 e. The van der Waals surface area contributed by atoms with Gasteiger partial charge in [-0.05, 0) is 24.3 Å². The molecule has 2 amide bonds. The molecule has 1 aromatic heterocycles. The van der Waals surface area contributed by atoms with Crippen molar-refractivity contribution in [3.63, 3.8) is 0 Å². The van der Waals surface area contributed by atoms with Crippen LogP contribution in [-0.4, -0.2) is 49.6 Å². The third-order valence-electron chi connectivity index (χ3n) is 3.92. The Morgan fingerprint density at radius 1 is 1.08 bits per heavy atom. The van der Waals surface area contributed by atoms with Gasteiger partial charge >= 0.3 is 0 Å². The number of morpholine rings is 1. The van der Waals surface area contributed by atoms with Gasteiger partial charge in [0, 0.05) is 13.1 Å². The van der Waals surface area contributed by atoms with Gasteiger partial charge in [0.25, 0.3) is 5.91 Å². The molecule has 0 unspecified atom stereocenters. The van der Waals surface area contributed by atoms with E-state index >= 15 is 0 Å². The van der Waals surface area contributed by atoms with Crippen LogP contribution in [0, 0.1) is 0 Å². The van der Waals surface area contributed by atoms with E-state index in [1.807, 2.05) is 4.90 Å². The number of nitrogens with one attached hydrogen (secondary N) is 2. The number of anilines is 1. The lowest BCUT2D eigenvalue weighted by atomic mass is 10.1. The fourth-order valence-corrected chi connectivity index (χ4v) is 2.62. The van der Waals surface area contributed by atoms with Crippen LogP contribution in [0.3, 0.4) is 0 Å². The Morgan fingerprint density at radius 3 is 2.64 bits per heavy atom. The molecule has 2 aromatic rings. The number of carbonyl (C=O) groups excluding carboxylic acids is 2. The largest absolute Gasteiger partial charge is 0.467 e. The van der Waals surface area contributed by atoms with Crippen LogP contribution < -0.4 is 10.6 Å². The highest BCUT2D eigenvalue weighted by atomic mass is 16.5. The molecule has 0 radical (unpaired) electrons. The summed E-state index contributed by atoms with van der Waals surface area (Å²) in [5.41, 5.74) is 0.919. The van der Waals surface area contributed by atoms with Crippen molar-refractivity contribution in [1.82, 2.24) is 10.2 Å². The quantitative estimate of drug-likeness (QED) is 0.830. The van der Waals surface area contributed by atoms with E-state index in [0.717, 1.165) is 13.1 Å². The first-order chi connectivity index (χ1) is 12.2. The summed E-state index contributed by atoms with van der Waals surface area (Å²) in [6.45, 7) is 3.32. The van der Waals surface area contributed by atoms with Crippen molar-refractivity contribution in [2.75, 3.05) is 38.2 Å². The summed E-state index contributed by atoms with van der Waals surface area (Å²) >= 11 is 0. The molecule has 3 rings (SSSR count). The molecule has 2 heterocycles. The zero-order valence-electron chi connectivity index (χ0n) is 13.9. The molecule has 0 spiro atoms. The van der Waals surface area contributed by atoms with Crippen molar-refractivity contribution in [1.29, 1.82) is 0 Å². The molecule has 1 aliphatic heterocycles. The van der Waals surface area contributed by atoms with E-state index < -0.39 is 0 Å². The summed E-state index contributed by atoms with van der Waals surface area (Å²) in [4.78, 5) is 26.7. The standard InChI is InChI=1S/C18H21N3O4/c22-17(13-21-7-10-24-11-8-21)20-16-6-2-1-5-15(16)18(23)19-12-14-4-3-9-25-14/h1-6,9H,7-8,10-13H2,(H,19,23)(H,20,22). The van der Waals surface area contributed by atoms with Crippen LogP contribution >= 0.6 is 0 Å². The highest BCUT2D eigenvalue weighted by Gasteiger charge is 2.17. The van der Waals surface area contributed by atoms with Crippen molar-refractivity contribution >= 4 is 17.5 Å². The highest BCUT2D eigenvalue weighted by molar-refractivity contribution is 6.04. The minimum Gasteiger partial charge on any atom is -0.467 e. The van der Waals surface area contributed by atoms with Crippen LogP contribution in [0.2, 0.25) is 0 Å². The van der Waals surface area contributed by atoms with Crippen molar-refractivity contribution in [3.05, 3.63) is 54.0 Å². The van der Waals surface area contributed by atoms with Crippen molar-refractivity contribution < 1.29 is 18.7 Å². The maximum Gasteiger partial charge on any atom is 0.253 e. The topological polar surface area (TPSA) is 83.8 Å². The summed E-state index contributed by atoms with van der Waals surface area (Å²) in [5, 5.41) is 5.61. The summed E-state index contributed by atoms with van der Waals surface area (Å²) in [6.07, 6.45) is 1.56. The van der Waals surface area contributed by atoms with Gasteiger partial charge in [-0.3, -0.25) is 14.5 Å². The highest BCUT2D eigenvalue weighted by Crippen LogP contribution is 2.15. The number of amides is 2. The maximum absolute atomic E-state index is 12.4. The molecule has 1 saturated heterocycles. The van der Waals surface area contributed by atoms with E-state index in [4.69, 9.17) is 9.15 Å². The molecule has 0 aliphatic carbocycles. The van der Waals surface area contributed by atoms with Gasteiger partial charge in [-0.25, -0.2) is 0 Å². The number of ether oxygens (including phenoxy) is 1. The fourth-order valence-electron chi connectivity index (χ4n) is 2.62. The summed E-state index contributed by atoms with van der Waals surface area (Å²) in [7, 11) is 0. The molecule has 25 heavy (non-hydrogen) atoms. The first-order valence-electron chi connectivity index (χ1n) is 8.22. The van der Waals surface area contributed by atoms with E-state index in [9.17, 15) is 9.59 Å². The predicted octanol–water partition coefficient (Wildman–Crippen LogP) is 1.48. The number of nitrogens with zero attached hydrogens (tertiary/aromatic N) is 1. The minimum atomic E-state index is -0.265. The third-order valence-corrected chi connectivity index (χ3v) is 3.92. The van der Waals surface area contributed by atoms with Gasteiger partial charge in [-0.15, -0.1) is 0 Å². The maximum atomic E-state index is 12.4. The first-order valence-corrected chi connectivity index (χ1v) is 8.22. The van der Waals surface area contributed by atoms with Crippen LogP contribution in [0.5, 0.6) is 0 Å². The van der Waals surface area contributed by atoms with E-state index in [2.05, 4.69) is 10.6 Å². The second-order valence-corrected chi connectivity index (χ2v) is 5.74. The molecular weight excluding hydrogens is 322 g/mol. The normalized spacial score (nSPS) is 14.9. The van der Waals surface area contributed by atoms with E-state index in [-0.39, 0.29) is 18.4 Å². The number of carbonyl (C=O) groups is 2. The Labute approximate surface area is 145 Å². The SMILES string of the molecule is O=C(CN1CCOCC1)Nc1ccccc1C(=O)NCc1ccco1. The molecule has 0 saturated carbocycles. The molecule has 1 aliphatic rings. The van der Waals surface area contributed by atoms with Crippen LogP contribution in [0.1, 0.15) is 16.1 Å². The monoisotopic (exact) mass is 343 g/mol. The molecule has 1 aromatic carbocycles. The van der Waals surface area contributed by atoms with E-state index in [0.29, 0.717) is 36.8 Å². The number of benzene rings is 1. The van der Waals surface area contributed by atoms with Crippen LogP contribution in [0.25, 0.3) is 0 Å². The molecule has 0 bridgehead atoms. The van der Waals surface area contributed by atoms with E-state index in [1.165, 1.54) is 0 Å². The van der Waals surface area contributed by atoms with Gasteiger partial charge in [0.2, 0.25) is 5.91 Å². The molecule has 0 atom stereocenters. The minimum absolute atomic E-state index is 0.145. The van der Waals surface area contributed by atoms with E-state index in [1.54, 1.807) is 42.7 Å². The summed E-state index contributed by atoms with van der Waals surface area (Å²) in [5.74, 6) is 0.258. The Bertz CT molecular complexity index is 709. The average molecular weight is 343 g/mol. The van der Waals surface area contributed by atoms with Crippen molar-refractivity contribution in [3.8, 4) is 0 Å². The number of hydrogen-bond acceptors (Lipinski definition) is 5. The zero-order valence-corrected chi connectivity index (χ0v) is 13.9. The molecule has 132 valence electrons. The van der Waals surface area contributed by atoms with Gasteiger partial charge < -0.3 is 19.8 Å². The van der Waals surface area contributed by atoms with Crippen LogP contribution in [-0.2, 0) is 16.1 Å². The zero-order chi connectivity index (χ0) is 17.5. The number of hydrogen-bond donors (Lipinski definition) is 2. The number of para-hydroxylation sites is 1. The lowest BCUT2D eigenvalue weighted by molar-refractivity contribution is -0.118. The summed E-state index contributed by atoms with van der Waals surface area (Å²) < 4.78 is 10.5. The van der Waals surface area contributed by atoms with Crippen molar-refractivity contribution in [2.24, 2.45) is 0 Å². The van der Waals surface area contributed by atoms with Crippen LogP contribution in [0.4, 0.5) is 5.69 Å². The number of rotatable bonds is 6. The summed E-state index contributed by atoms with van der Waals surface area (Å²) in [6, 6.07) is 10.5. The van der Waals surface area contributed by atoms with Crippen LogP contribution in [0.15, 0.2) is 47.1 Å². The molecule has 7 nitrogen and oxygen atoms in total. The Balaban J connectivity index is 1.59. The Morgan fingerprint density at radius 2 is 1.88 bits per heavy atom. The third kappa shape index (κ3) is 4.91. The first kappa shape index (κ1) is 17.2. The Hall–Kier alpha value is -2.64. The predicted molar refractivity (Wildman–Crippen MR) is 92.2 cm³/mol. The molecule has 1 fully saturated rings. The van der Waals surface area contributed by atoms with Crippen molar-refractivity contribution in [2.45, 2.75) is 6.54 Å². The van der Waals surface area contributed by atoms with Gasteiger partial charge in [-0.2, -0.15) is 0 Å². The lowest BCUT2D eigenvalue weighted by Gasteiger charge is -2.25. The molecule has 2 N–H and O–H groups in total. The van der Waals surface area contributed by atoms with Gasteiger partial charge in [0.15, 0.2) is 0 Å². The lowest BCUT2D eigenvalue weighted by Crippen LogP contribution is -2.41. The molecular formula is C18H21N3O4. The van der Waals surface area contributed by atoms with Gasteiger partial charge in [0.1, 0.15) is 5.76 Å². The second-order valence-electron chi connectivity index (χ2n) is 5.74. The van der Waals surface area contributed by atoms with Gasteiger partial charge in [0.05, 0.1) is 43.8 Å². The van der Waals surface area contributed by atoms with Gasteiger partial charge in [-0.1, -0.05) is 12.1 Å². The second kappa shape index (κ2) is 8.46. The molecule has 7 heteroatoms. The Kier molecular flexibility index (Phi) is 5.81. The average Bonchev–Trinajstić information content (AvgIpc) is 3.14. The fraction of sp³-hybridized carbons (Fsp3) is 0.333. The number of furan rings is 1.